The zero-order valence-electron chi connectivity index (χ0n) is 13.9. The van der Waals surface area contributed by atoms with Gasteiger partial charge in [-0.2, -0.15) is 0 Å². The molecule has 2 aromatic rings. The highest BCUT2D eigenvalue weighted by atomic mass is 32.1. The summed E-state index contributed by atoms with van der Waals surface area (Å²) in [5.41, 5.74) is 2.01. The maximum atomic E-state index is 5.17. The standard InChI is InChI=1S/C16H24N4OS/c1-10(8-14-7-6-11(2)22-14)19-16(17-5)18-9-15-12(3)20-21-13(15)4/h6-7,10H,8-9H2,1-5H3,(H2,17,18,19). The van der Waals surface area contributed by atoms with Gasteiger partial charge in [0.2, 0.25) is 0 Å². The Morgan fingerprint density at radius 2 is 2.14 bits per heavy atom. The molecule has 0 fully saturated rings. The second-order valence-electron chi connectivity index (χ2n) is 5.49. The number of aliphatic imine (C=N–C) groups is 1. The van der Waals surface area contributed by atoms with Crippen LogP contribution in [0.25, 0.3) is 0 Å². The fourth-order valence-electron chi connectivity index (χ4n) is 2.30. The average molecular weight is 320 g/mol. The molecule has 22 heavy (non-hydrogen) atoms. The average Bonchev–Trinajstić information content (AvgIpc) is 3.02. The Morgan fingerprint density at radius 3 is 2.68 bits per heavy atom. The molecule has 1 unspecified atom stereocenters. The first-order valence-electron chi connectivity index (χ1n) is 7.43. The van der Waals surface area contributed by atoms with Gasteiger partial charge in [-0.05, 0) is 39.8 Å². The Labute approximate surface area is 135 Å². The molecule has 0 aliphatic carbocycles. The normalized spacial score (nSPS) is 13.2. The third-order valence-electron chi connectivity index (χ3n) is 3.52. The topological polar surface area (TPSA) is 62.5 Å². The van der Waals surface area contributed by atoms with Crippen molar-refractivity contribution in [3.8, 4) is 0 Å². The van der Waals surface area contributed by atoms with Crippen molar-refractivity contribution >= 4 is 17.3 Å². The summed E-state index contributed by atoms with van der Waals surface area (Å²) in [5.74, 6) is 1.64. The lowest BCUT2D eigenvalue weighted by atomic mass is 10.2. The molecule has 0 saturated carbocycles. The summed E-state index contributed by atoms with van der Waals surface area (Å²) in [6.07, 6.45) is 0.991. The molecule has 0 bridgehead atoms. The molecule has 0 radical (unpaired) electrons. The molecule has 2 aromatic heterocycles. The molecule has 1 atom stereocenters. The van der Waals surface area contributed by atoms with Crippen molar-refractivity contribution in [2.75, 3.05) is 7.05 Å². The lowest BCUT2D eigenvalue weighted by Gasteiger charge is -2.17. The van der Waals surface area contributed by atoms with E-state index >= 15 is 0 Å². The van der Waals surface area contributed by atoms with Crippen LogP contribution in [0.1, 0.15) is 33.7 Å². The Hall–Kier alpha value is -1.82. The highest BCUT2D eigenvalue weighted by Crippen LogP contribution is 2.16. The fraction of sp³-hybridized carbons (Fsp3) is 0.500. The molecule has 0 amide bonds. The molecule has 5 nitrogen and oxygen atoms in total. The molecule has 2 heterocycles. The smallest absolute Gasteiger partial charge is 0.191 e. The molecule has 120 valence electrons. The zero-order valence-corrected chi connectivity index (χ0v) is 14.7. The van der Waals surface area contributed by atoms with Crippen LogP contribution in [0.5, 0.6) is 0 Å². The summed E-state index contributed by atoms with van der Waals surface area (Å²) >= 11 is 1.85. The van der Waals surface area contributed by atoms with E-state index in [2.05, 4.69) is 46.8 Å². The van der Waals surface area contributed by atoms with Crippen LogP contribution in [-0.2, 0) is 13.0 Å². The number of guanidine groups is 1. The summed E-state index contributed by atoms with van der Waals surface area (Å²) in [4.78, 5) is 7.02. The van der Waals surface area contributed by atoms with Gasteiger partial charge in [-0.15, -0.1) is 11.3 Å². The van der Waals surface area contributed by atoms with E-state index in [1.165, 1.54) is 9.75 Å². The zero-order chi connectivity index (χ0) is 16.1. The molecular formula is C16H24N4OS. The van der Waals surface area contributed by atoms with Gasteiger partial charge in [0.05, 0.1) is 5.69 Å². The molecular weight excluding hydrogens is 296 g/mol. The number of hydrogen-bond donors (Lipinski definition) is 2. The molecule has 0 spiro atoms. The minimum Gasteiger partial charge on any atom is -0.361 e. The first kappa shape index (κ1) is 16.5. The van der Waals surface area contributed by atoms with E-state index in [1.54, 1.807) is 7.05 Å². The lowest BCUT2D eigenvalue weighted by Crippen LogP contribution is -2.42. The lowest BCUT2D eigenvalue weighted by molar-refractivity contribution is 0.392. The number of nitrogens with one attached hydrogen (secondary N) is 2. The number of aromatic nitrogens is 1. The van der Waals surface area contributed by atoms with E-state index in [-0.39, 0.29) is 0 Å². The van der Waals surface area contributed by atoms with Crippen molar-refractivity contribution < 1.29 is 4.52 Å². The van der Waals surface area contributed by atoms with Gasteiger partial charge >= 0.3 is 0 Å². The SMILES string of the molecule is CN=C(NCc1c(C)noc1C)NC(C)Cc1ccc(C)s1. The van der Waals surface area contributed by atoms with Crippen molar-refractivity contribution in [3.63, 3.8) is 0 Å². The summed E-state index contributed by atoms with van der Waals surface area (Å²) in [6, 6.07) is 4.67. The van der Waals surface area contributed by atoms with Crippen LogP contribution in [-0.4, -0.2) is 24.2 Å². The van der Waals surface area contributed by atoms with E-state index < -0.39 is 0 Å². The van der Waals surface area contributed by atoms with Gasteiger partial charge in [-0.3, -0.25) is 4.99 Å². The maximum Gasteiger partial charge on any atom is 0.191 e. The highest BCUT2D eigenvalue weighted by molar-refractivity contribution is 7.11. The Bertz CT molecular complexity index is 625. The van der Waals surface area contributed by atoms with Crippen LogP contribution in [0, 0.1) is 20.8 Å². The van der Waals surface area contributed by atoms with Crippen LogP contribution >= 0.6 is 11.3 Å². The quantitative estimate of drug-likeness (QED) is 0.657. The van der Waals surface area contributed by atoms with Crippen molar-refractivity contribution in [1.29, 1.82) is 0 Å². The van der Waals surface area contributed by atoms with Crippen molar-refractivity contribution in [3.05, 3.63) is 38.9 Å². The van der Waals surface area contributed by atoms with Crippen LogP contribution in [0.2, 0.25) is 0 Å². The fourth-order valence-corrected chi connectivity index (χ4v) is 3.32. The first-order valence-corrected chi connectivity index (χ1v) is 8.25. The Morgan fingerprint density at radius 1 is 1.36 bits per heavy atom. The second kappa shape index (κ2) is 7.45. The van der Waals surface area contributed by atoms with Crippen molar-refractivity contribution in [2.45, 2.75) is 46.7 Å². The van der Waals surface area contributed by atoms with Gasteiger partial charge in [0.15, 0.2) is 5.96 Å². The van der Waals surface area contributed by atoms with Crippen LogP contribution in [0.4, 0.5) is 0 Å². The van der Waals surface area contributed by atoms with Crippen molar-refractivity contribution in [2.24, 2.45) is 4.99 Å². The van der Waals surface area contributed by atoms with Gasteiger partial charge < -0.3 is 15.2 Å². The number of rotatable bonds is 5. The van der Waals surface area contributed by atoms with Gasteiger partial charge in [-0.1, -0.05) is 5.16 Å². The summed E-state index contributed by atoms with van der Waals surface area (Å²) in [7, 11) is 1.78. The number of nitrogens with zero attached hydrogens (tertiary/aromatic N) is 2. The third-order valence-corrected chi connectivity index (χ3v) is 4.55. The Balaban J connectivity index is 1.87. The predicted octanol–water partition coefficient (Wildman–Crippen LogP) is 2.96. The monoisotopic (exact) mass is 320 g/mol. The summed E-state index contributed by atoms with van der Waals surface area (Å²) < 4.78 is 5.17. The highest BCUT2D eigenvalue weighted by Gasteiger charge is 2.11. The summed E-state index contributed by atoms with van der Waals surface area (Å²) in [5, 5.41) is 10.7. The second-order valence-corrected chi connectivity index (χ2v) is 6.86. The number of thiophene rings is 1. The first-order chi connectivity index (χ1) is 10.5. The number of aryl methyl sites for hydroxylation is 3. The van der Waals surface area contributed by atoms with Gasteiger partial charge in [0.1, 0.15) is 5.76 Å². The minimum absolute atomic E-state index is 0.314. The molecule has 0 aromatic carbocycles. The molecule has 2 rings (SSSR count). The van der Waals surface area contributed by atoms with Crippen LogP contribution < -0.4 is 10.6 Å². The number of hydrogen-bond acceptors (Lipinski definition) is 4. The molecule has 0 aliphatic heterocycles. The van der Waals surface area contributed by atoms with E-state index in [0.29, 0.717) is 12.6 Å². The van der Waals surface area contributed by atoms with Crippen LogP contribution in [0.3, 0.4) is 0 Å². The Kier molecular flexibility index (Phi) is 5.60. The predicted molar refractivity (Wildman–Crippen MR) is 91.5 cm³/mol. The largest absolute Gasteiger partial charge is 0.361 e. The van der Waals surface area contributed by atoms with Gasteiger partial charge in [0.25, 0.3) is 0 Å². The van der Waals surface area contributed by atoms with E-state index in [0.717, 1.165) is 29.4 Å². The van der Waals surface area contributed by atoms with Gasteiger partial charge in [0, 0.05) is 41.4 Å². The maximum absolute atomic E-state index is 5.17. The summed E-state index contributed by atoms with van der Waals surface area (Å²) in [6.45, 7) is 8.83. The van der Waals surface area contributed by atoms with E-state index in [9.17, 15) is 0 Å². The molecule has 0 saturated heterocycles. The molecule has 2 N–H and O–H groups in total. The van der Waals surface area contributed by atoms with E-state index in [1.807, 2.05) is 25.2 Å². The van der Waals surface area contributed by atoms with Gasteiger partial charge in [-0.25, -0.2) is 0 Å². The molecule has 0 aliphatic rings. The van der Waals surface area contributed by atoms with Crippen LogP contribution in [0.15, 0.2) is 21.6 Å². The van der Waals surface area contributed by atoms with E-state index in [4.69, 9.17) is 4.52 Å². The molecule has 6 heteroatoms. The minimum atomic E-state index is 0.314. The third kappa shape index (κ3) is 4.34. The van der Waals surface area contributed by atoms with Crippen molar-refractivity contribution in [1.82, 2.24) is 15.8 Å².